The summed E-state index contributed by atoms with van der Waals surface area (Å²) in [4.78, 5) is 12.6. The molecule has 2 aromatic carbocycles. The highest BCUT2D eigenvalue weighted by Crippen LogP contribution is 2.40. The minimum Gasteiger partial charge on any atom is -1.00 e. The van der Waals surface area contributed by atoms with Crippen LogP contribution in [-0.4, -0.2) is 42.9 Å². The van der Waals surface area contributed by atoms with E-state index in [2.05, 4.69) is 19.4 Å². The molecule has 1 amide bonds. The number of carbonyl (C=O) groups excluding carboxylic acids is 1. The molecule has 150 valence electrons. The number of piperidine rings is 1. The number of nitrogens with zero attached hydrogens (tertiary/aromatic N) is 1. The van der Waals surface area contributed by atoms with Crippen LogP contribution in [0.1, 0.15) is 25.7 Å². The van der Waals surface area contributed by atoms with Crippen molar-refractivity contribution in [3.63, 3.8) is 0 Å². The van der Waals surface area contributed by atoms with Gasteiger partial charge in [0.15, 0.2) is 0 Å². The largest absolute Gasteiger partial charge is 1.00 e. The number of hydrogen-bond acceptors (Lipinski definition) is 2. The van der Waals surface area contributed by atoms with Crippen LogP contribution < -0.4 is 22.3 Å². The van der Waals surface area contributed by atoms with Gasteiger partial charge in [-0.15, -0.1) is 0 Å². The predicted molar refractivity (Wildman–Crippen MR) is 109 cm³/mol. The van der Waals surface area contributed by atoms with Crippen LogP contribution in [0.3, 0.4) is 0 Å². The second-order valence-electron chi connectivity index (χ2n) is 8.19. The Morgan fingerprint density at radius 1 is 1.07 bits per heavy atom. The van der Waals surface area contributed by atoms with E-state index < -0.39 is 0 Å². The first-order valence-electron chi connectivity index (χ1n) is 9.59. The molecule has 2 heterocycles. The fourth-order valence-electron chi connectivity index (χ4n) is 4.70. The van der Waals surface area contributed by atoms with E-state index in [4.69, 9.17) is 16.3 Å². The maximum atomic E-state index is 12.6. The molecule has 0 radical (unpaired) electrons. The predicted octanol–water partition coefficient (Wildman–Crippen LogP) is 2.33. The molecule has 0 aliphatic carbocycles. The van der Waals surface area contributed by atoms with Gasteiger partial charge in [-0.25, -0.2) is 4.79 Å². The lowest BCUT2D eigenvalue weighted by Crippen LogP contribution is -3.00. The third-order valence-corrected chi connectivity index (χ3v) is 6.60. The molecule has 0 spiro atoms. The third-order valence-electron chi connectivity index (χ3n) is 6.36. The lowest BCUT2D eigenvalue weighted by molar-refractivity contribution is -0.931. The molecule has 2 unspecified atom stereocenters. The maximum absolute atomic E-state index is 12.6. The van der Waals surface area contributed by atoms with E-state index >= 15 is 0 Å². The van der Waals surface area contributed by atoms with Crippen molar-refractivity contribution < 1.29 is 31.0 Å². The third kappa shape index (κ3) is 4.22. The van der Waals surface area contributed by atoms with Crippen molar-refractivity contribution in [2.75, 3.05) is 19.4 Å². The van der Waals surface area contributed by atoms with Gasteiger partial charge >= 0.3 is 6.09 Å². The van der Waals surface area contributed by atoms with E-state index in [9.17, 15) is 4.79 Å². The van der Waals surface area contributed by atoms with Crippen molar-refractivity contribution in [3.8, 4) is 11.1 Å². The quantitative estimate of drug-likeness (QED) is 0.707. The van der Waals surface area contributed by atoms with Crippen LogP contribution >= 0.6 is 11.6 Å². The Kier molecular flexibility index (Phi) is 6.37. The van der Waals surface area contributed by atoms with Crippen LogP contribution in [0.25, 0.3) is 11.1 Å². The van der Waals surface area contributed by atoms with E-state index in [1.54, 1.807) is 6.07 Å². The van der Waals surface area contributed by atoms with E-state index in [0.29, 0.717) is 22.8 Å². The highest BCUT2D eigenvalue weighted by Gasteiger charge is 2.49. The van der Waals surface area contributed by atoms with E-state index in [-0.39, 0.29) is 29.2 Å². The number of hydrogen-bond donors (Lipinski definition) is 1. The standard InChI is InChI=1S/C22H25ClN2O2.BrH/c1-25(2)17-9-10-18(25)14-19(13-17)27-22(26)24-21-11-8-16(23)12-20(21)15-6-4-3-5-7-15;/h3-8,11-12,17-19H,9-10,13-14H2,1-2H3;1H. The highest BCUT2D eigenvalue weighted by atomic mass is 79.9. The second kappa shape index (κ2) is 8.44. The molecule has 4 rings (SSSR count). The zero-order valence-corrected chi connectivity index (χ0v) is 18.5. The van der Waals surface area contributed by atoms with Gasteiger partial charge in [0.1, 0.15) is 6.10 Å². The SMILES string of the molecule is C[N+]1(C)C2CCC1CC(OC(=O)Nc1ccc(Cl)cc1-c1ccccc1)C2.[Br-]. The molecular formula is C22H26BrClN2O2. The Labute approximate surface area is 182 Å². The number of anilines is 1. The average molecular weight is 466 g/mol. The first kappa shape index (κ1) is 21.2. The summed E-state index contributed by atoms with van der Waals surface area (Å²) >= 11 is 6.18. The number of carbonyl (C=O) groups is 1. The molecule has 4 nitrogen and oxygen atoms in total. The van der Waals surface area contributed by atoms with Crippen molar-refractivity contribution in [1.82, 2.24) is 0 Å². The van der Waals surface area contributed by atoms with Gasteiger partial charge in [0.2, 0.25) is 0 Å². The molecular weight excluding hydrogens is 440 g/mol. The van der Waals surface area contributed by atoms with E-state index in [0.717, 1.165) is 28.5 Å². The molecule has 2 saturated heterocycles. The van der Waals surface area contributed by atoms with Crippen LogP contribution in [-0.2, 0) is 4.74 Å². The van der Waals surface area contributed by atoms with Gasteiger partial charge in [0.05, 0.1) is 31.9 Å². The summed E-state index contributed by atoms with van der Waals surface area (Å²) in [5, 5.41) is 3.57. The number of rotatable bonds is 3. The van der Waals surface area contributed by atoms with Crippen molar-refractivity contribution in [3.05, 3.63) is 53.6 Å². The molecule has 2 aliphatic rings. The number of fused-ring (bicyclic) bond motifs is 2. The normalized spacial score (nSPS) is 24.9. The highest BCUT2D eigenvalue weighted by molar-refractivity contribution is 6.31. The fraction of sp³-hybridized carbons (Fsp3) is 0.409. The summed E-state index contributed by atoms with van der Waals surface area (Å²) in [5.74, 6) is 0. The summed E-state index contributed by atoms with van der Waals surface area (Å²) in [5.41, 5.74) is 2.61. The van der Waals surface area contributed by atoms with Gasteiger partial charge in [0.25, 0.3) is 0 Å². The summed E-state index contributed by atoms with van der Waals surface area (Å²) in [6.45, 7) is 0. The summed E-state index contributed by atoms with van der Waals surface area (Å²) in [6, 6.07) is 16.6. The topological polar surface area (TPSA) is 38.3 Å². The number of quaternary nitrogens is 1. The molecule has 1 N–H and O–H groups in total. The Morgan fingerprint density at radius 3 is 2.36 bits per heavy atom. The summed E-state index contributed by atoms with van der Waals surface area (Å²) < 4.78 is 6.86. The lowest BCUT2D eigenvalue weighted by atomic mass is 9.98. The number of nitrogens with one attached hydrogen (secondary N) is 1. The number of halogens is 2. The monoisotopic (exact) mass is 464 g/mol. The van der Waals surface area contributed by atoms with E-state index in [1.807, 2.05) is 42.5 Å². The molecule has 2 atom stereocenters. The molecule has 2 fully saturated rings. The van der Waals surface area contributed by atoms with Crippen molar-refractivity contribution in [1.29, 1.82) is 0 Å². The smallest absolute Gasteiger partial charge is 0.411 e. The number of amides is 1. The van der Waals surface area contributed by atoms with Gasteiger partial charge in [-0.2, -0.15) is 0 Å². The Morgan fingerprint density at radius 2 is 1.71 bits per heavy atom. The average Bonchev–Trinajstić information content (AvgIpc) is 2.81. The van der Waals surface area contributed by atoms with Crippen molar-refractivity contribution in [2.24, 2.45) is 0 Å². The van der Waals surface area contributed by atoms with Crippen LogP contribution in [0.2, 0.25) is 5.02 Å². The van der Waals surface area contributed by atoms with Crippen LogP contribution in [0.4, 0.5) is 10.5 Å². The molecule has 0 aromatic heterocycles. The van der Waals surface area contributed by atoms with Gasteiger partial charge in [-0.3, -0.25) is 5.32 Å². The maximum Gasteiger partial charge on any atom is 0.411 e. The molecule has 2 aliphatic heterocycles. The number of benzene rings is 2. The zero-order chi connectivity index (χ0) is 19.0. The molecule has 28 heavy (non-hydrogen) atoms. The zero-order valence-electron chi connectivity index (χ0n) is 16.2. The molecule has 6 heteroatoms. The lowest BCUT2D eigenvalue weighted by Gasteiger charge is -2.43. The van der Waals surface area contributed by atoms with Crippen LogP contribution in [0, 0.1) is 0 Å². The van der Waals surface area contributed by atoms with Crippen molar-refractivity contribution in [2.45, 2.75) is 43.9 Å². The molecule has 2 bridgehead atoms. The van der Waals surface area contributed by atoms with Crippen LogP contribution in [0.5, 0.6) is 0 Å². The van der Waals surface area contributed by atoms with E-state index in [1.165, 1.54) is 12.8 Å². The fourth-order valence-corrected chi connectivity index (χ4v) is 4.87. The van der Waals surface area contributed by atoms with Gasteiger partial charge < -0.3 is 26.2 Å². The Balaban J connectivity index is 0.00000225. The summed E-state index contributed by atoms with van der Waals surface area (Å²) in [6.07, 6.45) is 3.97. The Bertz CT molecular complexity index is 828. The van der Waals surface area contributed by atoms with Gasteiger partial charge in [-0.1, -0.05) is 41.9 Å². The molecule has 0 saturated carbocycles. The van der Waals surface area contributed by atoms with Crippen LogP contribution in [0.15, 0.2) is 48.5 Å². The second-order valence-corrected chi connectivity index (χ2v) is 8.63. The first-order chi connectivity index (χ1) is 12.9. The first-order valence-corrected chi connectivity index (χ1v) is 9.97. The van der Waals surface area contributed by atoms with Gasteiger partial charge in [-0.05, 0) is 23.8 Å². The summed E-state index contributed by atoms with van der Waals surface area (Å²) in [7, 11) is 4.61. The minimum atomic E-state index is -0.383. The molecule has 2 aromatic rings. The van der Waals surface area contributed by atoms with Gasteiger partial charge in [0, 0.05) is 36.3 Å². The minimum absolute atomic E-state index is 0. The Hall–Kier alpha value is -1.56. The number of ether oxygens (including phenoxy) is 1. The van der Waals surface area contributed by atoms with Crippen molar-refractivity contribution >= 4 is 23.4 Å².